The van der Waals surface area contributed by atoms with Gasteiger partial charge in [0.2, 0.25) is 0 Å². The molecule has 2 heterocycles. The SMILES string of the molecule is COC(=O)c1ccc2c(c1Cl)-c1ccnn1CC2. The van der Waals surface area contributed by atoms with Crippen molar-refractivity contribution in [2.75, 3.05) is 7.11 Å². The number of halogens is 1. The summed E-state index contributed by atoms with van der Waals surface area (Å²) in [5.74, 6) is -0.417. The largest absolute Gasteiger partial charge is 0.465 e. The predicted molar refractivity (Wildman–Crippen MR) is 67.7 cm³/mol. The number of hydrogen-bond acceptors (Lipinski definition) is 3. The van der Waals surface area contributed by atoms with E-state index in [1.165, 1.54) is 7.11 Å². The van der Waals surface area contributed by atoms with E-state index in [4.69, 9.17) is 16.3 Å². The molecule has 0 saturated carbocycles. The highest BCUT2D eigenvalue weighted by Crippen LogP contribution is 2.37. The van der Waals surface area contributed by atoms with E-state index in [0.29, 0.717) is 10.6 Å². The maximum absolute atomic E-state index is 11.6. The Balaban J connectivity index is 2.24. The maximum Gasteiger partial charge on any atom is 0.339 e. The highest BCUT2D eigenvalue weighted by molar-refractivity contribution is 6.36. The summed E-state index contributed by atoms with van der Waals surface area (Å²) in [5, 5.41) is 4.68. The molecule has 1 aliphatic rings. The molecule has 5 heteroatoms. The van der Waals surface area contributed by atoms with E-state index in [1.54, 1.807) is 12.3 Å². The van der Waals surface area contributed by atoms with Crippen LogP contribution in [-0.2, 0) is 17.7 Å². The third kappa shape index (κ3) is 1.53. The molecule has 4 nitrogen and oxygen atoms in total. The fourth-order valence-electron chi connectivity index (χ4n) is 2.32. The van der Waals surface area contributed by atoms with Crippen molar-refractivity contribution in [2.24, 2.45) is 0 Å². The third-order valence-electron chi connectivity index (χ3n) is 3.20. The molecule has 0 N–H and O–H groups in total. The van der Waals surface area contributed by atoms with Crippen molar-refractivity contribution in [1.29, 1.82) is 0 Å². The van der Waals surface area contributed by atoms with Gasteiger partial charge in [-0.3, -0.25) is 4.68 Å². The molecule has 2 aromatic rings. The molecule has 1 aromatic carbocycles. The fraction of sp³-hybridized carbons (Fsp3) is 0.231. The van der Waals surface area contributed by atoms with Crippen LogP contribution in [0.15, 0.2) is 24.4 Å². The number of esters is 1. The van der Waals surface area contributed by atoms with Gasteiger partial charge < -0.3 is 4.74 Å². The molecule has 0 spiro atoms. The summed E-state index contributed by atoms with van der Waals surface area (Å²) in [5.41, 5.74) is 3.38. The smallest absolute Gasteiger partial charge is 0.339 e. The van der Waals surface area contributed by atoms with E-state index >= 15 is 0 Å². The number of aryl methyl sites for hydroxylation is 2. The maximum atomic E-state index is 11.6. The number of hydrogen-bond donors (Lipinski definition) is 0. The lowest BCUT2D eigenvalue weighted by Gasteiger charge is -2.20. The first kappa shape index (κ1) is 11.3. The monoisotopic (exact) mass is 262 g/mol. The van der Waals surface area contributed by atoms with Crippen LogP contribution in [0, 0.1) is 0 Å². The molecule has 0 saturated heterocycles. The Morgan fingerprint density at radius 1 is 1.44 bits per heavy atom. The number of carbonyl (C=O) groups excluding carboxylic acids is 1. The molecule has 1 aliphatic heterocycles. The van der Waals surface area contributed by atoms with Crippen LogP contribution in [0.5, 0.6) is 0 Å². The standard InChI is InChI=1S/C13H11ClN2O2/c1-18-13(17)9-3-2-8-5-7-16-10(4-6-15-16)11(8)12(9)14/h2-4,6H,5,7H2,1H3. The van der Waals surface area contributed by atoms with Crippen LogP contribution in [-0.4, -0.2) is 22.9 Å². The number of ether oxygens (including phenoxy) is 1. The van der Waals surface area contributed by atoms with Crippen LogP contribution in [0.1, 0.15) is 15.9 Å². The molecule has 18 heavy (non-hydrogen) atoms. The van der Waals surface area contributed by atoms with Gasteiger partial charge in [-0.1, -0.05) is 17.7 Å². The minimum atomic E-state index is -0.417. The first-order valence-corrected chi connectivity index (χ1v) is 6.02. The minimum Gasteiger partial charge on any atom is -0.465 e. The third-order valence-corrected chi connectivity index (χ3v) is 3.59. The summed E-state index contributed by atoms with van der Waals surface area (Å²) >= 11 is 6.34. The second kappa shape index (κ2) is 4.14. The summed E-state index contributed by atoms with van der Waals surface area (Å²) in [4.78, 5) is 11.6. The molecule has 0 bridgehead atoms. The van der Waals surface area contributed by atoms with Crippen molar-refractivity contribution in [3.8, 4) is 11.3 Å². The fourth-order valence-corrected chi connectivity index (χ4v) is 2.68. The molecule has 1 aromatic heterocycles. The molecule has 0 fully saturated rings. The predicted octanol–water partition coefficient (Wildman–Crippen LogP) is 2.55. The van der Waals surface area contributed by atoms with Gasteiger partial charge in [0, 0.05) is 18.3 Å². The second-order valence-corrected chi connectivity index (χ2v) is 4.52. The van der Waals surface area contributed by atoms with Crippen molar-refractivity contribution in [1.82, 2.24) is 9.78 Å². The summed E-state index contributed by atoms with van der Waals surface area (Å²) in [6.45, 7) is 0.837. The van der Waals surface area contributed by atoms with Gasteiger partial charge in [0.05, 0.1) is 23.4 Å². The molecular formula is C13H11ClN2O2. The van der Waals surface area contributed by atoms with Gasteiger partial charge in [-0.05, 0) is 24.1 Å². The Morgan fingerprint density at radius 2 is 2.28 bits per heavy atom. The highest BCUT2D eigenvalue weighted by Gasteiger charge is 2.23. The van der Waals surface area contributed by atoms with Gasteiger partial charge in [0.1, 0.15) is 0 Å². The number of nitrogens with zero attached hydrogens (tertiary/aromatic N) is 2. The lowest BCUT2D eigenvalue weighted by molar-refractivity contribution is 0.0601. The number of methoxy groups -OCH3 is 1. The Bertz CT molecular complexity index is 634. The topological polar surface area (TPSA) is 44.1 Å². The molecule has 0 unspecified atom stereocenters. The summed E-state index contributed by atoms with van der Waals surface area (Å²) in [6.07, 6.45) is 2.61. The van der Waals surface area contributed by atoms with E-state index in [-0.39, 0.29) is 0 Å². The van der Waals surface area contributed by atoms with Gasteiger partial charge in [0.15, 0.2) is 0 Å². The quantitative estimate of drug-likeness (QED) is 0.742. The highest BCUT2D eigenvalue weighted by atomic mass is 35.5. The molecule has 0 atom stereocenters. The van der Waals surface area contributed by atoms with E-state index in [1.807, 2.05) is 16.8 Å². The number of rotatable bonds is 1. The average Bonchev–Trinajstić information content (AvgIpc) is 2.86. The first-order chi connectivity index (χ1) is 8.72. The molecule has 0 radical (unpaired) electrons. The Labute approximate surface area is 109 Å². The van der Waals surface area contributed by atoms with Crippen LogP contribution in [0.4, 0.5) is 0 Å². The molecule has 0 amide bonds. The van der Waals surface area contributed by atoms with Gasteiger partial charge >= 0.3 is 5.97 Å². The van der Waals surface area contributed by atoms with Crippen molar-refractivity contribution < 1.29 is 9.53 Å². The average molecular weight is 263 g/mol. The summed E-state index contributed by atoms with van der Waals surface area (Å²) in [6, 6.07) is 5.56. The van der Waals surface area contributed by atoms with Crippen molar-refractivity contribution in [2.45, 2.75) is 13.0 Å². The summed E-state index contributed by atoms with van der Waals surface area (Å²) < 4.78 is 6.63. The van der Waals surface area contributed by atoms with Crippen molar-refractivity contribution in [3.05, 3.63) is 40.5 Å². The van der Waals surface area contributed by atoms with E-state index in [2.05, 4.69) is 5.10 Å². The minimum absolute atomic E-state index is 0.396. The number of benzene rings is 1. The second-order valence-electron chi connectivity index (χ2n) is 4.14. The Hall–Kier alpha value is -1.81. The van der Waals surface area contributed by atoms with Crippen LogP contribution in [0.2, 0.25) is 5.02 Å². The van der Waals surface area contributed by atoms with E-state index < -0.39 is 5.97 Å². The number of carbonyl (C=O) groups is 1. The van der Waals surface area contributed by atoms with Gasteiger partial charge in [-0.25, -0.2) is 4.79 Å². The molecule has 92 valence electrons. The zero-order chi connectivity index (χ0) is 12.7. The number of fused-ring (bicyclic) bond motifs is 3. The van der Waals surface area contributed by atoms with Crippen molar-refractivity contribution >= 4 is 17.6 Å². The zero-order valence-electron chi connectivity index (χ0n) is 9.81. The van der Waals surface area contributed by atoms with Crippen LogP contribution in [0.25, 0.3) is 11.3 Å². The van der Waals surface area contributed by atoms with Gasteiger partial charge in [-0.2, -0.15) is 5.10 Å². The Kier molecular flexibility index (Phi) is 2.59. The van der Waals surface area contributed by atoms with Crippen LogP contribution < -0.4 is 0 Å². The normalized spacial score (nSPS) is 12.8. The number of aromatic nitrogens is 2. The van der Waals surface area contributed by atoms with Crippen LogP contribution >= 0.6 is 11.6 Å². The van der Waals surface area contributed by atoms with Crippen LogP contribution in [0.3, 0.4) is 0 Å². The zero-order valence-corrected chi connectivity index (χ0v) is 10.6. The Morgan fingerprint density at radius 3 is 3.06 bits per heavy atom. The summed E-state index contributed by atoms with van der Waals surface area (Å²) in [7, 11) is 1.35. The van der Waals surface area contributed by atoms with E-state index in [9.17, 15) is 4.79 Å². The lowest BCUT2D eigenvalue weighted by atomic mass is 9.96. The lowest BCUT2D eigenvalue weighted by Crippen LogP contribution is -2.13. The van der Waals surface area contributed by atoms with Gasteiger partial charge in [-0.15, -0.1) is 0 Å². The molecule has 3 rings (SSSR count). The van der Waals surface area contributed by atoms with E-state index in [0.717, 1.165) is 29.8 Å². The van der Waals surface area contributed by atoms with Gasteiger partial charge in [0.25, 0.3) is 0 Å². The van der Waals surface area contributed by atoms with Crippen molar-refractivity contribution in [3.63, 3.8) is 0 Å². The first-order valence-electron chi connectivity index (χ1n) is 5.64. The molecule has 0 aliphatic carbocycles. The molecular weight excluding hydrogens is 252 g/mol.